The molecule has 1 N–H and O–H groups in total. The molecule has 8 heteroatoms. The smallest absolute Gasteiger partial charge is 0.344 e. The lowest BCUT2D eigenvalue weighted by Crippen LogP contribution is -2.15. The molecule has 1 unspecified atom stereocenters. The third-order valence-electron chi connectivity index (χ3n) is 5.57. The van der Waals surface area contributed by atoms with Gasteiger partial charge in [-0.3, -0.25) is 0 Å². The maximum atomic E-state index is 14.9. The van der Waals surface area contributed by atoms with E-state index in [-0.39, 0.29) is 46.3 Å². The van der Waals surface area contributed by atoms with Crippen LogP contribution in [0.5, 0.6) is 11.5 Å². The van der Waals surface area contributed by atoms with Crippen LogP contribution in [0.1, 0.15) is 54.9 Å². The molecule has 0 saturated carbocycles. The molecule has 4 nitrogen and oxygen atoms in total. The van der Waals surface area contributed by atoms with Crippen LogP contribution in [0.2, 0.25) is 10.0 Å². The Balaban J connectivity index is 1.90. The first kappa shape index (κ1) is 26.8. The number of carbonyl (C=O) groups excluding carboxylic acids is 1. The highest BCUT2D eigenvalue weighted by Crippen LogP contribution is 2.38. The zero-order valence-electron chi connectivity index (χ0n) is 19.4. The van der Waals surface area contributed by atoms with E-state index >= 15 is 0 Å². The fourth-order valence-electron chi connectivity index (χ4n) is 3.90. The summed E-state index contributed by atoms with van der Waals surface area (Å²) in [4.78, 5) is 11.5. The van der Waals surface area contributed by atoms with E-state index in [0.717, 1.165) is 24.0 Å². The summed E-state index contributed by atoms with van der Waals surface area (Å²) >= 11 is 12.7. The highest BCUT2D eigenvalue weighted by molar-refractivity contribution is 6.36. The van der Waals surface area contributed by atoms with Gasteiger partial charge < -0.3 is 14.6 Å². The molecule has 0 spiro atoms. The molecule has 186 valence electrons. The number of hydrogen-bond acceptors (Lipinski definition) is 4. The number of phenols is 1. The Hall–Kier alpha value is -2.83. The number of phenolic OH excluding ortho intramolecular Hbond substituents is 1. The Kier molecular flexibility index (Phi) is 9.35. The van der Waals surface area contributed by atoms with E-state index in [4.69, 9.17) is 32.7 Å². The average Bonchev–Trinajstić information content (AvgIpc) is 2.84. The topological polar surface area (TPSA) is 55.8 Å². The number of hydrogen-bond donors (Lipinski definition) is 1. The average molecular weight is 523 g/mol. The second-order valence-electron chi connectivity index (χ2n) is 8.02. The van der Waals surface area contributed by atoms with Crippen LogP contribution in [-0.4, -0.2) is 24.3 Å². The van der Waals surface area contributed by atoms with E-state index in [9.17, 15) is 18.7 Å². The Bertz CT molecular complexity index is 1180. The Morgan fingerprint density at radius 3 is 2.43 bits per heavy atom. The van der Waals surface area contributed by atoms with Gasteiger partial charge in [-0.05, 0) is 48.2 Å². The first-order valence-corrected chi connectivity index (χ1v) is 12.0. The number of esters is 1. The highest BCUT2D eigenvalue weighted by atomic mass is 35.5. The van der Waals surface area contributed by atoms with Crippen molar-refractivity contribution in [1.29, 1.82) is 0 Å². The van der Waals surface area contributed by atoms with Crippen molar-refractivity contribution in [3.05, 3.63) is 92.5 Å². The molecule has 3 aromatic carbocycles. The minimum absolute atomic E-state index is 0.114. The molecule has 0 aliphatic rings. The number of halogens is 4. The van der Waals surface area contributed by atoms with Gasteiger partial charge in [-0.25, -0.2) is 13.6 Å². The molecule has 0 radical (unpaired) electrons. The molecule has 0 aliphatic carbocycles. The maximum absolute atomic E-state index is 14.9. The minimum Gasteiger partial charge on any atom is -0.508 e. The van der Waals surface area contributed by atoms with Crippen LogP contribution in [0.4, 0.5) is 8.78 Å². The van der Waals surface area contributed by atoms with Crippen molar-refractivity contribution in [2.75, 3.05) is 13.2 Å². The molecule has 0 fully saturated rings. The monoisotopic (exact) mass is 522 g/mol. The summed E-state index contributed by atoms with van der Waals surface area (Å²) in [6.07, 6.45) is 1.79. The fraction of sp³-hybridized carbons (Fsp3) is 0.296. The molecule has 0 saturated heterocycles. The Morgan fingerprint density at radius 2 is 1.77 bits per heavy atom. The number of rotatable bonds is 10. The van der Waals surface area contributed by atoms with Crippen molar-refractivity contribution in [2.24, 2.45) is 0 Å². The van der Waals surface area contributed by atoms with Crippen molar-refractivity contribution in [3.8, 4) is 11.5 Å². The quantitative estimate of drug-likeness (QED) is 0.222. The zero-order chi connectivity index (χ0) is 25.5. The van der Waals surface area contributed by atoms with Crippen LogP contribution in [0, 0.1) is 11.6 Å². The third kappa shape index (κ3) is 6.65. The highest BCUT2D eigenvalue weighted by Gasteiger charge is 2.21. The van der Waals surface area contributed by atoms with Crippen LogP contribution >= 0.6 is 23.2 Å². The minimum atomic E-state index is -0.829. The summed E-state index contributed by atoms with van der Waals surface area (Å²) in [6.45, 7) is 3.39. The molecule has 0 aromatic heterocycles. The Morgan fingerprint density at radius 1 is 1.06 bits per heavy atom. The molecule has 0 amide bonds. The van der Waals surface area contributed by atoms with Crippen LogP contribution in [0.25, 0.3) is 0 Å². The van der Waals surface area contributed by atoms with Crippen molar-refractivity contribution in [3.63, 3.8) is 0 Å². The first-order chi connectivity index (χ1) is 16.7. The second-order valence-corrected chi connectivity index (χ2v) is 8.80. The van der Waals surface area contributed by atoms with Crippen molar-refractivity contribution in [2.45, 2.75) is 39.0 Å². The Labute approximate surface area is 213 Å². The first-order valence-electron chi connectivity index (χ1n) is 11.3. The lowest BCUT2D eigenvalue weighted by molar-refractivity contribution is -0.145. The van der Waals surface area contributed by atoms with Gasteiger partial charge in [0.15, 0.2) is 18.2 Å². The summed E-state index contributed by atoms with van der Waals surface area (Å²) in [5.74, 6) is -2.08. The van der Waals surface area contributed by atoms with E-state index in [1.165, 1.54) is 18.2 Å². The summed E-state index contributed by atoms with van der Waals surface area (Å²) in [5.41, 5.74) is 2.66. The molecular formula is C27H26Cl2F2O4. The van der Waals surface area contributed by atoms with Gasteiger partial charge in [-0.2, -0.15) is 0 Å². The van der Waals surface area contributed by atoms with E-state index in [2.05, 4.69) is 0 Å². The summed E-state index contributed by atoms with van der Waals surface area (Å²) < 4.78 is 38.3. The van der Waals surface area contributed by atoms with Crippen molar-refractivity contribution >= 4 is 29.2 Å². The van der Waals surface area contributed by atoms with Gasteiger partial charge in [-0.1, -0.05) is 60.8 Å². The zero-order valence-corrected chi connectivity index (χ0v) is 20.9. The number of aromatic hydroxyl groups is 1. The van der Waals surface area contributed by atoms with Crippen molar-refractivity contribution < 1.29 is 28.2 Å². The van der Waals surface area contributed by atoms with Gasteiger partial charge in [0.25, 0.3) is 0 Å². The lowest BCUT2D eigenvalue weighted by atomic mass is 9.85. The van der Waals surface area contributed by atoms with Crippen LogP contribution in [0.3, 0.4) is 0 Å². The predicted molar refractivity (Wildman–Crippen MR) is 133 cm³/mol. The molecule has 0 bridgehead atoms. The summed E-state index contributed by atoms with van der Waals surface area (Å²) in [6, 6.07) is 12.6. The predicted octanol–water partition coefficient (Wildman–Crippen LogP) is 7.44. The molecular weight excluding hydrogens is 497 g/mol. The van der Waals surface area contributed by atoms with Gasteiger partial charge in [0.1, 0.15) is 11.6 Å². The summed E-state index contributed by atoms with van der Waals surface area (Å²) in [5, 5.41) is 10.6. The third-order valence-corrected chi connectivity index (χ3v) is 6.30. The van der Waals surface area contributed by atoms with Crippen molar-refractivity contribution in [1.82, 2.24) is 0 Å². The number of ether oxygens (including phenoxy) is 2. The van der Waals surface area contributed by atoms with Crippen LogP contribution in [0.15, 0.2) is 48.5 Å². The summed E-state index contributed by atoms with van der Waals surface area (Å²) in [7, 11) is 0. The normalized spacial score (nSPS) is 11.8. The standard InChI is InChI=1S/C27H26Cl2F2O4/c1-3-5-19(17-7-9-18(30)10-8-17)20-12-16(6-11-23(20)32)13-21-22(28)14-24(27(31)26(21)29)35-15-25(33)34-4-2/h6-12,14,19,32H,3-5,13,15H2,1-2H3. The molecule has 3 aromatic rings. The second kappa shape index (κ2) is 12.2. The number of carbonyl (C=O) groups is 1. The molecule has 3 rings (SSSR count). The largest absolute Gasteiger partial charge is 0.508 e. The number of benzene rings is 3. The fourth-order valence-corrected chi connectivity index (χ4v) is 4.47. The van der Waals surface area contributed by atoms with Gasteiger partial charge in [0.05, 0.1) is 11.6 Å². The molecule has 0 aliphatic heterocycles. The lowest BCUT2D eigenvalue weighted by Gasteiger charge is -2.20. The van der Waals surface area contributed by atoms with Gasteiger partial charge >= 0.3 is 5.97 Å². The van der Waals surface area contributed by atoms with E-state index in [0.29, 0.717) is 11.1 Å². The maximum Gasteiger partial charge on any atom is 0.344 e. The van der Waals surface area contributed by atoms with E-state index < -0.39 is 18.4 Å². The van der Waals surface area contributed by atoms with E-state index in [1.807, 2.05) is 13.0 Å². The molecule has 0 heterocycles. The van der Waals surface area contributed by atoms with Crippen LogP contribution < -0.4 is 4.74 Å². The molecule has 35 heavy (non-hydrogen) atoms. The van der Waals surface area contributed by atoms with E-state index in [1.54, 1.807) is 31.2 Å². The van der Waals surface area contributed by atoms with Gasteiger partial charge in [-0.15, -0.1) is 0 Å². The molecule has 1 atom stereocenters. The SMILES string of the molecule is CCCC(c1ccc(F)cc1)c1cc(Cc2c(Cl)cc(OCC(=O)OCC)c(F)c2Cl)ccc1O. The van der Waals surface area contributed by atoms with Gasteiger partial charge in [0.2, 0.25) is 0 Å². The van der Waals surface area contributed by atoms with Crippen LogP contribution in [-0.2, 0) is 16.0 Å². The van der Waals surface area contributed by atoms with Gasteiger partial charge in [0, 0.05) is 29.0 Å².